The third kappa shape index (κ3) is 3.52. The lowest BCUT2D eigenvalue weighted by Gasteiger charge is -2.27. The van der Waals surface area contributed by atoms with E-state index < -0.39 is 10.7 Å². The normalized spacial score (nSPS) is 18.6. The molecule has 110 valence electrons. The lowest BCUT2D eigenvalue weighted by atomic mass is 10.1. The fourth-order valence-corrected chi connectivity index (χ4v) is 2.71. The van der Waals surface area contributed by atoms with Gasteiger partial charge in [0.15, 0.2) is 0 Å². The Bertz CT molecular complexity index is 475. The number of nitro groups is 1. The summed E-state index contributed by atoms with van der Waals surface area (Å²) in [6.45, 7) is 5.23. The summed E-state index contributed by atoms with van der Waals surface area (Å²) >= 11 is 0. The molecular weight excluding hydrogens is 261 g/mol. The van der Waals surface area contributed by atoms with Gasteiger partial charge in [-0.05, 0) is 38.1 Å². The summed E-state index contributed by atoms with van der Waals surface area (Å²) in [4.78, 5) is 12.8. The Morgan fingerprint density at radius 2 is 2.35 bits per heavy atom. The largest absolute Gasteiger partial charge is 0.315 e. The molecule has 6 heteroatoms. The second-order valence-corrected chi connectivity index (χ2v) is 5.15. The monoisotopic (exact) mass is 281 g/mol. The molecule has 5 nitrogen and oxygen atoms in total. The molecule has 0 saturated carbocycles. The zero-order valence-electron chi connectivity index (χ0n) is 11.6. The zero-order chi connectivity index (χ0) is 14.5. The maximum atomic E-state index is 13.4. The summed E-state index contributed by atoms with van der Waals surface area (Å²) < 4.78 is 13.4. The molecule has 1 heterocycles. The van der Waals surface area contributed by atoms with E-state index in [4.69, 9.17) is 0 Å². The Morgan fingerprint density at radius 1 is 1.55 bits per heavy atom. The van der Waals surface area contributed by atoms with E-state index >= 15 is 0 Å². The summed E-state index contributed by atoms with van der Waals surface area (Å²) in [6.07, 6.45) is 2.00. The van der Waals surface area contributed by atoms with Crippen LogP contribution >= 0.6 is 0 Å². The molecular formula is C14H20FN3O2. The summed E-state index contributed by atoms with van der Waals surface area (Å²) in [6, 6.07) is 4.05. The maximum Gasteiger partial charge on any atom is 0.274 e. The molecule has 1 atom stereocenters. The van der Waals surface area contributed by atoms with Crippen LogP contribution in [0.2, 0.25) is 0 Å². The van der Waals surface area contributed by atoms with Gasteiger partial charge in [-0.2, -0.15) is 0 Å². The fraction of sp³-hybridized carbons (Fsp3) is 0.571. The molecule has 0 aliphatic carbocycles. The molecule has 2 rings (SSSR count). The molecule has 1 aliphatic heterocycles. The first-order valence-electron chi connectivity index (χ1n) is 6.99. The van der Waals surface area contributed by atoms with Crippen molar-refractivity contribution in [3.63, 3.8) is 0 Å². The molecule has 1 aromatic carbocycles. The molecule has 1 aliphatic rings. The quantitative estimate of drug-likeness (QED) is 0.642. The van der Waals surface area contributed by atoms with Crippen LogP contribution in [0.4, 0.5) is 10.1 Å². The molecule has 1 N–H and O–H groups in total. The highest BCUT2D eigenvalue weighted by Crippen LogP contribution is 2.23. The van der Waals surface area contributed by atoms with Gasteiger partial charge in [0.05, 0.1) is 4.92 Å². The summed E-state index contributed by atoms with van der Waals surface area (Å²) in [5.41, 5.74) is 0.453. The van der Waals surface area contributed by atoms with Crippen molar-refractivity contribution in [3.05, 3.63) is 39.7 Å². The van der Waals surface area contributed by atoms with Gasteiger partial charge in [-0.1, -0.05) is 6.92 Å². The second kappa shape index (κ2) is 6.76. The topological polar surface area (TPSA) is 58.4 Å². The molecule has 1 unspecified atom stereocenters. The molecule has 0 spiro atoms. The van der Waals surface area contributed by atoms with Gasteiger partial charge in [0, 0.05) is 30.8 Å². The lowest BCUT2D eigenvalue weighted by Crippen LogP contribution is -2.37. The number of benzene rings is 1. The predicted molar refractivity (Wildman–Crippen MR) is 75.0 cm³/mol. The van der Waals surface area contributed by atoms with Crippen molar-refractivity contribution in [1.82, 2.24) is 10.2 Å². The van der Waals surface area contributed by atoms with E-state index in [0.717, 1.165) is 38.5 Å². The highest BCUT2D eigenvalue weighted by molar-refractivity contribution is 5.40. The number of hydrogen-bond donors (Lipinski definition) is 1. The van der Waals surface area contributed by atoms with Gasteiger partial charge < -0.3 is 5.32 Å². The Kier molecular flexibility index (Phi) is 5.03. The van der Waals surface area contributed by atoms with Crippen molar-refractivity contribution in [3.8, 4) is 0 Å². The third-order valence-electron chi connectivity index (χ3n) is 3.67. The average molecular weight is 281 g/mol. The van der Waals surface area contributed by atoms with Gasteiger partial charge in [-0.15, -0.1) is 0 Å². The van der Waals surface area contributed by atoms with Crippen LogP contribution in [0.5, 0.6) is 0 Å². The van der Waals surface area contributed by atoms with Crippen LogP contribution in [0.15, 0.2) is 18.2 Å². The Labute approximate surface area is 117 Å². The molecule has 20 heavy (non-hydrogen) atoms. The lowest BCUT2D eigenvalue weighted by molar-refractivity contribution is -0.385. The molecule has 1 aromatic rings. The predicted octanol–water partition coefficient (Wildman–Crippen LogP) is 2.31. The summed E-state index contributed by atoms with van der Waals surface area (Å²) in [5.74, 6) is -0.424. The van der Waals surface area contributed by atoms with Gasteiger partial charge in [-0.25, -0.2) is 4.39 Å². The molecule has 0 radical (unpaired) electrons. The minimum Gasteiger partial charge on any atom is -0.315 e. The number of halogens is 1. The van der Waals surface area contributed by atoms with E-state index in [9.17, 15) is 14.5 Å². The van der Waals surface area contributed by atoms with Crippen molar-refractivity contribution >= 4 is 5.69 Å². The van der Waals surface area contributed by atoms with Gasteiger partial charge in [0.2, 0.25) is 0 Å². The second-order valence-electron chi connectivity index (χ2n) is 5.15. The number of hydrogen-bond acceptors (Lipinski definition) is 4. The standard InChI is InChI=1S/C14H20FN3O2/c1-2-7-17(13-5-6-16-9-13)10-11-8-12(15)3-4-14(11)18(19)20/h3-4,8,13,16H,2,5-7,9-10H2,1H3. The first kappa shape index (κ1) is 14.9. The fourth-order valence-electron chi connectivity index (χ4n) is 2.71. The first-order chi connectivity index (χ1) is 9.61. The van der Waals surface area contributed by atoms with Crippen LogP contribution in [-0.2, 0) is 6.54 Å². The molecule has 1 fully saturated rings. The number of nitrogens with one attached hydrogen (secondary N) is 1. The van der Waals surface area contributed by atoms with E-state index in [1.54, 1.807) is 0 Å². The Balaban J connectivity index is 2.20. The molecule has 0 bridgehead atoms. The highest BCUT2D eigenvalue weighted by atomic mass is 19.1. The van der Waals surface area contributed by atoms with Crippen molar-refractivity contribution < 1.29 is 9.31 Å². The van der Waals surface area contributed by atoms with E-state index in [0.29, 0.717) is 18.2 Å². The molecule has 0 aromatic heterocycles. The van der Waals surface area contributed by atoms with E-state index in [2.05, 4.69) is 17.1 Å². The van der Waals surface area contributed by atoms with Crippen LogP contribution < -0.4 is 5.32 Å². The summed E-state index contributed by atoms with van der Waals surface area (Å²) in [7, 11) is 0. The van der Waals surface area contributed by atoms with E-state index in [1.165, 1.54) is 12.1 Å². The minimum atomic E-state index is -0.439. The van der Waals surface area contributed by atoms with Crippen molar-refractivity contribution in [1.29, 1.82) is 0 Å². The SMILES string of the molecule is CCCN(Cc1cc(F)ccc1[N+](=O)[O-])C1CCNC1. The molecule has 1 saturated heterocycles. The Hall–Kier alpha value is -1.53. The number of nitro benzene ring substituents is 1. The van der Waals surface area contributed by atoms with Crippen molar-refractivity contribution in [2.45, 2.75) is 32.4 Å². The number of nitrogens with zero attached hydrogens (tertiary/aromatic N) is 2. The zero-order valence-corrected chi connectivity index (χ0v) is 11.6. The van der Waals surface area contributed by atoms with Crippen LogP contribution in [-0.4, -0.2) is 35.5 Å². The van der Waals surface area contributed by atoms with Crippen molar-refractivity contribution in [2.24, 2.45) is 0 Å². The van der Waals surface area contributed by atoms with Gasteiger partial charge in [0.1, 0.15) is 5.82 Å². The van der Waals surface area contributed by atoms with E-state index in [1.807, 2.05) is 0 Å². The van der Waals surface area contributed by atoms with Crippen LogP contribution in [0.1, 0.15) is 25.3 Å². The van der Waals surface area contributed by atoms with E-state index in [-0.39, 0.29) is 5.69 Å². The van der Waals surface area contributed by atoms with Gasteiger partial charge in [0.25, 0.3) is 5.69 Å². The van der Waals surface area contributed by atoms with Gasteiger partial charge >= 0.3 is 0 Å². The first-order valence-corrected chi connectivity index (χ1v) is 6.99. The Morgan fingerprint density at radius 3 is 2.95 bits per heavy atom. The van der Waals surface area contributed by atoms with Crippen LogP contribution in [0.25, 0.3) is 0 Å². The van der Waals surface area contributed by atoms with Crippen molar-refractivity contribution in [2.75, 3.05) is 19.6 Å². The van der Waals surface area contributed by atoms with Gasteiger partial charge in [-0.3, -0.25) is 15.0 Å². The average Bonchev–Trinajstić information content (AvgIpc) is 2.91. The minimum absolute atomic E-state index is 0.00143. The molecule has 0 amide bonds. The van der Waals surface area contributed by atoms with Crippen LogP contribution in [0, 0.1) is 15.9 Å². The van der Waals surface area contributed by atoms with Crippen LogP contribution in [0.3, 0.4) is 0 Å². The highest BCUT2D eigenvalue weighted by Gasteiger charge is 2.24. The summed E-state index contributed by atoms with van der Waals surface area (Å²) in [5, 5.41) is 14.3. The third-order valence-corrected chi connectivity index (χ3v) is 3.67. The smallest absolute Gasteiger partial charge is 0.274 e. The number of rotatable bonds is 6. The maximum absolute atomic E-state index is 13.4.